The maximum absolute atomic E-state index is 12.7. The van der Waals surface area contributed by atoms with E-state index in [2.05, 4.69) is 48.2 Å². The summed E-state index contributed by atoms with van der Waals surface area (Å²) in [7, 11) is 0. The summed E-state index contributed by atoms with van der Waals surface area (Å²) in [6.07, 6.45) is 4.68. The fourth-order valence-corrected chi connectivity index (χ4v) is 4.75. The molecule has 4 nitrogen and oxygen atoms in total. The van der Waals surface area contributed by atoms with E-state index in [1.807, 2.05) is 23.1 Å². The molecular formula is C25H30N2O2. The third kappa shape index (κ3) is 4.36. The summed E-state index contributed by atoms with van der Waals surface area (Å²) < 4.78 is 0. The lowest BCUT2D eigenvalue weighted by Gasteiger charge is -2.45. The quantitative estimate of drug-likeness (QED) is 0.771. The number of carbonyl (C=O) groups is 2. The van der Waals surface area contributed by atoms with Crippen LogP contribution in [0.1, 0.15) is 48.8 Å². The number of nitrogens with zero attached hydrogens (tertiary/aromatic N) is 2. The molecule has 0 aromatic heterocycles. The van der Waals surface area contributed by atoms with Crippen molar-refractivity contribution in [1.29, 1.82) is 0 Å². The second-order valence-corrected chi connectivity index (χ2v) is 8.56. The van der Waals surface area contributed by atoms with Crippen LogP contribution in [0.3, 0.4) is 0 Å². The molecule has 2 aliphatic rings. The zero-order valence-electron chi connectivity index (χ0n) is 17.3. The number of likely N-dealkylation sites (tertiary alicyclic amines) is 2. The molecule has 29 heavy (non-hydrogen) atoms. The first-order valence-corrected chi connectivity index (χ1v) is 10.7. The van der Waals surface area contributed by atoms with Crippen molar-refractivity contribution < 1.29 is 9.59 Å². The van der Waals surface area contributed by atoms with Gasteiger partial charge in [-0.05, 0) is 43.7 Å². The van der Waals surface area contributed by atoms with Gasteiger partial charge < -0.3 is 9.80 Å². The van der Waals surface area contributed by atoms with Gasteiger partial charge in [0.1, 0.15) is 0 Å². The Hall–Kier alpha value is -2.62. The van der Waals surface area contributed by atoms with Gasteiger partial charge in [0.05, 0.1) is 0 Å². The van der Waals surface area contributed by atoms with Crippen molar-refractivity contribution in [3.8, 4) is 0 Å². The molecule has 0 saturated carbocycles. The molecule has 0 bridgehead atoms. The summed E-state index contributed by atoms with van der Waals surface area (Å²) in [6, 6.07) is 18.7. The molecule has 0 atom stereocenters. The van der Waals surface area contributed by atoms with E-state index in [1.54, 1.807) is 0 Å². The van der Waals surface area contributed by atoms with Gasteiger partial charge in [0.25, 0.3) is 0 Å². The van der Waals surface area contributed by atoms with Crippen LogP contribution >= 0.6 is 0 Å². The largest absolute Gasteiger partial charge is 0.343 e. The van der Waals surface area contributed by atoms with Crippen LogP contribution in [0.15, 0.2) is 54.6 Å². The Balaban J connectivity index is 1.34. The number of amides is 2. The monoisotopic (exact) mass is 390 g/mol. The highest BCUT2D eigenvalue weighted by Crippen LogP contribution is 2.40. The highest BCUT2D eigenvalue weighted by Gasteiger charge is 2.47. The number of carbonyl (C=O) groups excluding carboxylic acids is 2. The van der Waals surface area contributed by atoms with Crippen molar-refractivity contribution >= 4 is 11.8 Å². The molecule has 152 valence electrons. The normalized spacial score (nSPS) is 18.4. The van der Waals surface area contributed by atoms with Crippen LogP contribution in [0.5, 0.6) is 0 Å². The minimum absolute atomic E-state index is 0.0688. The maximum Gasteiger partial charge on any atom is 0.223 e. The zero-order chi connectivity index (χ0) is 20.3. The summed E-state index contributed by atoms with van der Waals surface area (Å²) in [5, 5.41) is 0. The summed E-state index contributed by atoms with van der Waals surface area (Å²) >= 11 is 0. The van der Waals surface area contributed by atoms with Gasteiger partial charge in [0, 0.05) is 38.0 Å². The minimum Gasteiger partial charge on any atom is -0.343 e. The SMILES string of the molecule is Cc1ccc(CCC(=O)N2CCC3(CCC(=O)N3Cc3ccccc3)CC2)cc1. The van der Waals surface area contributed by atoms with Crippen molar-refractivity contribution in [2.75, 3.05) is 13.1 Å². The van der Waals surface area contributed by atoms with E-state index >= 15 is 0 Å². The Morgan fingerprint density at radius 3 is 2.31 bits per heavy atom. The van der Waals surface area contributed by atoms with Gasteiger partial charge in [0.15, 0.2) is 0 Å². The molecule has 0 aliphatic carbocycles. The number of benzene rings is 2. The number of piperidine rings is 1. The maximum atomic E-state index is 12.7. The molecule has 4 rings (SSSR count). The van der Waals surface area contributed by atoms with Gasteiger partial charge in [-0.15, -0.1) is 0 Å². The van der Waals surface area contributed by atoms with Gasteiger partial charge >= 0.3 is 0 Å². The Bertz CT molecular complexity index is 852. The van der Waals surface area contributed by atoms with Crippen LogP contribution in [0, 0.1) is 6.92 Å². The molecular weight excluding hydrogens is 360 g/mol. The van der Waals surface area contributed by atoms with Crippen LogP contribution in [0.25, 0.3) is 0 Å². The molecule has 2 aromatic carbocycles. The van der Waals surface area contributed by atoms with E-state index in [-0.39, 0.29) is 17.4 Å². The minimum atomic E-state index is -0.0688. The first-order chi connectivity index (χ1) is 14.1. The van der Waals surface area contributed by atoms with Crippen LogP contribution in [0.2, 0.25) is 0 Å². The number of aryl methyl sites for hydroxylation is 2. The summed E-state index contributed by atoms with van der Waals surface area (Å²) in [5.41, 5.74) is 3.57. The Labute approximate surface area is 173 Å². The molecule has 1 spiro atoms. The second-order valence-electron chi connectivity index (χ2n) is 8.56. The van der Waals surface area contributed by atoms with Crippen molar-refractivity contribution in [3.05, 3.63) is 71.3 Å². The first kappa shape index (κ1) is 19.7. The van der Waals surface area contributed by atoms with Crippen molar-refractivity contribution in [1.82, 2.24) is 9.80 Å². The van der Waals surface area contributed by atoms with Crippen LogP contribution in [-0.4, -0.2) is 40.2 Å². The molecule has 4 heteroatoms. The summed E-state index contributed by atoms with van der Waals surface area (Å²) in [5.74, 6) is 0.493. The summed E-state index contributed by atoms with van der Waals surface area (Å²) in [4.78, 5) is 29.4. The fraction of sp³-hybridized carbons (Fsp3) is 0.440. The molecule has 0 radical (unpaired) electrons. The van der Waals surface area contributed by atoms with Gasteiger partial charge in [-0.3, -0.25) is 9.59 Å². The highest BCUT2D eigenvalue weighted by molar-refractivity contribution is 5.80. The Morgan fingerprint density at radius 1 is 0.931 bits per heavy atom. The van der Waals surface area contributed by atoms with E-state index in [0.29, 0.717) is 19.4 Å². The highest BCUT2D eigenvalue weighted by atomic mass is 16.2. The van der Waals surface area contributed by atoms with Gasteiger partial charge in [-0.2, -0.15) is 0 Å². The smallest absolute Gasteiger partial charge is 0.223 e. The molecule has 2 aliphatic heterocycles. The standard InChI is InChI=1S/C25H30N2O2/c1-20-7-9-21(10-8-20)11-12-23(28)26-17-15-25(16-18-26)14-13-24(29)27(25)19-22-5-3-2-4-6-22/h2-10H,11-19H2,1H3. The topological polar surface area (TPSA) is 40.6 Å². The van der Waals surface area contributed by atoms with E-state index < -0.39 is 0 Å². The Morgan fingerprint density at radius 2 is 1.62 bits per heavy atom. The van der Waals surface area contributed by atoms with Crippen molar-refractivity contribution in [2.24, 2.45) is 0 Å². The lowest BCUT2D eigenvalue weighted by molar-refractivity contribution is -0.137. The second kappa shape index (κ2) is 8.40. The number of hydrogen-bond donors (Lipinski definition) is 0. The van der Waals surface area contributed by atoms with Gasteiger partial charge in [-0.25, -0.2) is 0 Å². The molecule has 0 N–H and O–H groups in total. The molecule has 2 aromatic rings. The predicted octanol–water partition coefficient (Wildman–Crippen LogP) is 4.11. The van der Waals surface area contributed by atoms with Crippen molar-refractivity contribution in [2.45, 2.75) is 57.5 Å². The van der Waals surface area contributed by atoms with E-state index in [9.17, 15) is 9.59 Å². The average molecular weight is 391 g/mol. The lowest BCUT2D eigenvalue weighted by atomic mass is 9.84. The Kier molecular flexibility index (Phi) is 5.70. The van der Waals surface area contributed by atoms with E-state index in [1.165, 1.54) is 16.7 Å². The first-order valence-electron chi connectivity index (χ1n) is 10.7. The average Bonchev–Trinajstić information content (AvgIpc) is 3.04. The molecule has 2 fully saturated rings. The predicted molar refractivity (Wildman–Crippen MR) is 114 cm³/mol. The fourth-order valence-electron chi connectivity index (χ4n) is 4.75. The van der Waals surface area contributed by atoms with Gasteiger partial charge in [0.2, 0.25) is 11.8 Å². The molecule has 2 heterocycles. The van der Waals surface area contributed by atoms with Crippen LogP contribution in [0.4, 0.5) is 0 Å². The molecule has 2 amide bonds. The third-order valence-corrected chi connectivity index (χ3v) is 6.66. The zero-order valence-corrected chi connectivity index (χ0v) is 17.3. The van der Waals surface area contributed by atoms with Crippen LogP contribution in [-0.2, 0) is 22.6 Å². The molecule has 0 unspecified atom stereocenters. The van der Waals surface area contributed by atoms with Crippen molar-refractivity contribution in [3.63, 3.8) is 0 Å². The molecule has 2 saturated heterocycles. The lowest BCUT2D eigenvalue weighted by Crippen LogP contribution is -2.53. The summed E-state index contributed by atoms with van der Waals surface area (Å²) in [6.45, 7) is 4.27. The van der Waals surface area contributed by atoms with Gasteiger partial charge in [-0.1, -0.05) is 60.2 Å². The number of hydrogen-bond acceptors (Lipinski definition) is 2. The van der Waals surface area contributed by atoms with E-state index in [0.717, 1.165) is 38.8 Å². The van der Waals surface area contributed by atoms with Crippen LogP contribution < -0.4 is 0 Å². The number of rotatable bonds is 5. The van der Waals surface area contributed by atoms with E-state index in [4.69, 9.17) is 0 Å². The third-order valence-electron chi connectivity index (χ3n) is 6.66.